The van der Waals surface area contributed by atoms with Crippen molar-refractivity contribution >= 4 is 52.2 Å². The number of nitrogens with zero attached hydrogens (tertiary/aromatic N) is 2. The van der Waals surface area contributed by atoms with Crippen LogP contribution in [0.5, 0.6) is 0 Å². The zero-order valence-electron chi connectivity index (χ0n) is 16.7. The Hall–Kier alpha value is -3.16. The number of carbonyl (C=O) groups is 3. The van der Waals surface area contributed by atoms with Gasteiger partial charge in [0.2, 0.25) is 5.91 Å². The number of amides is 4. The molecule has 4 amide bonds. The van der Waals surface area contributed by atoms with E-state index >= 15 is 0 Å². The standard InChI is InChI=1S/C23H20ClN3O3S/c1-15-4-10-18(11-5-15)27-22(29)20(26(23(27)30)14-19-3-2-12-31-19)13-21(28)25-17-8-6-16(24)7-9-17/h2-12,20H,13-14H2,1H3,(H,25,28). The molecule has 0 radical (unpaired) electrons. The largest absolute Gasteiger partial charge is 0.332 e. The van der Waals surface area contributed by atoms with Crippen molar-refractivity contribution in [2.24, 2.45) is 0 Å². The molecule has 0 aliphatic carbocycles. The highest BCUT2D eigenvalue weighted by molar-refractivity contribution is 7.09. The van der Waals surface area contributed by atoms with E-state index in [4.69, 9.17) is 11.6 Å². The molecule has 1 aliphatic rings. The van der Waals surface area contributed by atoms with Crippen LogP contribution in [0.2, 0.25) is 5.02 Å². The Balaban J connectivity index is 1.58. The first-order valence-electron chi connectivity index (χ1n) is 9.71. The summed E-state index contributed by atoms with van der Waals surface area (Å²) in [6.45, 7) is 2.20. The maximum absolute atomic E-state index is 13.2. The Kier molecular flexibility index (Phi) is 6.06. The van der Waals surface area contributed by atoms with E-state index in [-0.39, 0.29) is 18.9 Å². The van der Waals surface area contributed by atoms with E-state index < -0.39 is 18.0 Å². The quantitative estimate of drug-likeness (QED) is 0.529. The lowest BCUT2D eigenvalue weighted by molar-refractivity contribution is -0.124. The summed E-state index contributed by atoms with van der Waals surface area (Å²) in [5.74, 6) is -0.757. The Morgan fingerprint density at radius 3 is 2.42 bits per heavy atom. The minimum absolute atomic E-state index is 0.138. The Labute approximate surface area is 189 Å². The van der Waals surface area contributed by atoms with Crippen LogP contribution < -0.4 is 10.2 Å². The van der Waals surface area contributed by atoms with Gasteiger partial charge in [-0.2, -0.15) is 0 Å². The average Bonchev–Trinajstić information content (AvgIpc) is 3.33. The van der Waals surface area contributed by atoms with E-state index in [1.165, 1.54) is 16.2 Å². The highest BCUT2D eigenvalue weighted by atomic mass is 35.5. The van der Waals surface area contributed by atoms with Crippen LogP contribution in [0.1, 0.15) is 16.9 Å². The van der Waals surface area contributed by atoms with Gasteiger partial charge >= 0.3 is 6.03 Å². The number of halogens is 1. The zero-order chi connectivity index (χ0) is 22.0. The van der Waals surface area contributed by atoms with Crippen molar-refractivity contribution in [3.63, 3.8) is 0 Å². The second kappa shape index (κ2) is 8.91. The van der Waals surface area contributed by atoms with Gasteiger partial charge in [-0.1, -0.05) is 35.4 Å². The highest BCUT2D eigenvalue weighted by Gasteiger charge is 2.46. The number of hydrogen-bond donors (Lipinski definition) is 1. The maximum Gasteiger partial charge on any atom is 0.332 e. The summed E-state index contributed by atoms with van der Waals surface area (Å²) in [5, 5.41) is 5.24. The van der Waals surface area contributed by atoms with E-state index in [0.29, 0.717) is 16.4 Å². The van der Waals surface area contributed by atoms with Crippen LogP contribution in [0.25, 0.3) is 0 Å². The molecule has 0 bridgehead atoms. The summed E-state index contributed by atoms with van der Waals surface area (Å²) >= 11 is 7.39. The molecule has 3 aromatic rings. The van der Waals surface area contributed by atoms with Crippen LogP contribution >= 0.6 is 22.9 Å². The molecular weight excluding hydrogens is 434 g/mol. The van der Waals surface area contributed by atoms with Crippen LogP contribution in [0.4, 0.5) is 16.2 Å². The number of rotatable bonds is 6. The SMILES string of the molecule is Cc1ccc(N2C(=O)C(CC(=O)Nc3ccc(Cl)cc3)N(Cc3cccs3)C2=O)cc1. The summed E-state index contributed by atoms with van der Waals surface area (Å²) in [7, 11) is 0. The predicted octanol–water partition coefficient (Wildman–Crippen LogP) is 5.08. The fourth-order valence-electron chi connectivity index (χ4n) is 3.44. The van der Waals surface area contributed by atoms with Crippen molar-refractivity contribution < 1.29 is 14.4 Å². The molecule has 1 atom stereocenters. The number of nitrogens with one attached hydrogen (secondary N) is 1. The number of anilines is 2. The fourth-order valence-corrected chi connectivity index (χ4v) is 4.27. The Morgan fingerprint density at radius 2 is 1.77 bits per heavy atom. The van der Waals surface area contributed by atoms with E-state index in [1.54, 1.807) is 36.4 Å². The first-order chi connectivity index (χ1) is 14.9. The number of imide groups is 1. The average molecular weight is 454 g/mol. The predicted molar refractivity (Wildman–Crippen MR) is 122 cm³/mol. The second-order valence-corrected chi connectivity index (χ2v) is 8.74. The molecule has 2 aromatic carbocycles. The van der Waals surface area contributed by atoms with E-state index in [2.05, 4.69) is 5.32 Å². The highest BCUT2D eigenvalue weighted by Crippen LogP contribution is 2.29. The number of thiophene rings is 1. The van der Waals surface area contributed by atoms with Gasteiger partial charge in [-0.25, -0.2) is 9.69 Å². The summed E-state index contributed by atoms with van der Waals surface area (Å²) in [6.07, 6.45) is -0.138. The zero-order valence-corrected chi connectivity index (χ0v) is 18.3. The van der Waals surface area contributed by atoms with Crippen molar-refractivity contribution in [3.05, 3.63) is 81.5 Å². The molecule has 1 aromatic heterocycles. The van der Waals surface area contributed by atoms with Crippen molar-refractivity contribution in [3.8, 4) is 0 Å². The molecule has 1 saturated heterocycles. The van der Waals surface area contributed by atoms with Crippen molar-refractivity contribution in [1.82, 2.24) is 4.90 Å². The lowest BCUT2D eigenvalue weighted by Gasteiger charge is -2.21. The molecule has 8 heteroatoms. The smallest absolute Gasteiger partial charge is 0.326 e. The van der Waals surface area contributed by atoms with Gasteiger partial charge in [0.25, 0.3) is 5.91 Å². The third-order valence-corrected chi connectivity index (χ3v) is 6.14. The summed E-state index contributed by atoms with van der Waals surface area (Å²) in [5.41, 5.74) is 2.10. The van der Waals surface area contributed by atoms with Crippen molar-refractivity contribution in [2.45, 2.75) is 25.9 Å². The second-order valence-electron chi connectivity index (χ2n) is 7.27. The molecule has 31 heavy (non-hydrogen) atoms. The van der Waals surface area contributed by atoms with Crippen LogP contribution in [-0.4, -0.2) is 28.8 Å². The van der Waals surface area contributed by atoms with Gasteiger partial charge in [0.05, 0.1) is 18.7 Å². The fraction of sp³-hybridized carbons (Fsp3) is 0.174. The van der Waals surface area contributed by atoms with Gasteiger partial charge in [-0.15, -0.1) is 11.3 Å². The van der Waals surface area contributed by atoms with Crippen LogP contribution in [0.15, 0.2) is 66.0 Å². The molecule has 6 nitrogen and oxygen atoms in total. The number of aryl methyl sites for hydroxylation is 1. The Bertz CT molecular complexity index is 1100. The van der Waals surface area contributed by atoms with E-state index in [9.17, 15) is 14.4 Å². The minimum atomic E-state index is -0.886. The van der Waals surface area contributed by atoms with Crippen LogP contribution in [0, 0.1) is 6.92 Å². The molecule has 1 fully saturated rings. The number of carbonyl (C=O) groups excluding carboxylic acids is 3. The monoisotopic (exact) mass is 453 g/mol. The van der Waals surface area contributed by atoms with Crippen LogP contribution in [0.3, 0.4) is 0 Å². The molecule has 4 rings (SSSR count). The van der Waals surface area contributed by atoms with Gasteiger partial charge in [-0.3, -0.25) is 9.59 Å². The number of hydrogen-bond acceptors (Lipinski definition) is 4. The summed E-state index contributed by atoms with van der Waals surface area (Å²) in [4.78, 5) is 42.7. The third-order valence-electron chi connectivity index (χ3n) is 5.02. The molecule has 1 unspecified atom stereocenters. The lowest BCUT2D eigenvalue weighted by Crippen LogP contribution is -2.37. The summed E-state index contributed by atoms with van der Waals surface area (Å²) in [6, 6.07) is 16.4. The first-order valence-corrected chi connectivity index (χ1v) is 11.0. The van der Waals surface area contributed by atoms with Crippen molar-refractivity contribution in [2.75, 3.05) is 10.2 Å². The van der Waals surface area contributed by atoms with Gasteiger partial charge < -0.3 is 10.2 Å². The third kappa shape index (κ3) is 4.62. The summed E-state index contributed by atoms with van der Waals surface area (Å²) < 4.78 is 0. The molecule has 1 aliphatic heterocycles. The van der Waals surface area contributed by atoms with Gasteiger partial charge in [0.15, 0.2) is 0 Å². The van der Waals surface area contributed by atoms with E-state index in [1.807, 2.05) is 36.6 Å². The minimum Gasteiger partial charge on any atom is -0.326 e. The molecule has 158 valence electrons. The number of benzene rings is 2. The van der Waals surface area contributed by atoms with Crippen LogP contribution in [-0.2, 0) is 16.1 Å². The molecule has 0 saturated carbocycles. The van der Waals surface area contributed by atoms with Crippen molar-refractivity contribution in [1.29, 1.82) is 0 Å². The van der Waals surface area contributed by atoms with Gasteiger partial charge in [-0.05, 0) is 54.8 Å². The molecule has 0 spiro atoms. The topological polar surface area (TPSA) is 69.7 Å². The normalized spacial score (nSPS) is 16.1. The van der Waals surface area contributed by atoms with E-state index in [0.717, 1.165) is 15.3 Å². The molecular formula is C23H20ClN3O3S. The van der Waals surface area contributed by atoms with Gasteiger partial charge in [0, 0.05) is 15.6 Å². The lowest BCUT2D eigenvalue weighted by atomic mass is 10.1. The first kappa shape index (κ1) is 21.1. The van der Waals surface area contributed by atoms with Gasteiger partial charge in [0.1, 0.15) is 6.04 Å². The number of urea groups is 1. The molecule has 2 heterocycles. The maximum atomic E-state index is 13.2. The molecule has 1 N–H and O–H groups in total. The Morgan fingerprint density at radius 1 is 1.06 bits per heavy atom.